The molecule has 0 aromatic heterocycles. The molecule has 0 aliphatic heterocycles. The van der Waals surface area contributed by atoms with Crippen LogP contribution in [-0.4, -0.2) is 36.1 Å². The van der Waals surface area contributed by atoms with E-state index in [0.29, 0.717) is 17.9 Å². The van der Waals surface area contributed by atoms with E-state index >= 15 is 0 Å². The van der Waals surface area contributed by atoms with Crippen molar-refractivity contribution in [3.8, 4) is 5.75 Å². The summed E-state index contributed by atoms with van der Waals surface area (Å²) < 4.78 is 12.0. The minimum absolute atomic E-state index is 0.0150. The SMILES string of the molecule is CC(C)(CCO)[C@@H](OC(=O)Nc1ccc(Br)cc1)c1ccc(OCCO)cc1. The van der Waals surface area contributed by atoms with E-state index in [1.807, 2.05) is 38.1 Å². The molecule has 6 nitrogen and oxygen atoms in total. The van der Waals surface area contributed by atoms with E-state index in [4.69, 9.17) is 14.6 Å². The zero-order valence-corrected chi connectivity index (χ0v) is 17.6. The summed E-state index contributed by atoms with van der Waals surface area (Å²) >= 11 is 3.36. The van der Waals surface area contributed by atoms with Crippen LogP contribution in [0.25, 0.3) is 0 Å². The first-order valence-electron chi connectivity index (χ1n) is 9.03. The highest BCUT2D eigenvalue weighted by molar-refractivity contribution is 9.10. The van der Waals surface area contributed by atoms with Gasteiger partial charge in [-0.05, 0) is 48.4 Å². The molecule has 0 fully saturated rings. The topological polar surface area (TPSA) is 88.0 Å². The lowest BCUT2D eigenvalue weighted by Crippen LogP contribution is -2.29. The number of hydrogen-bond acceptors (Lipinski definition) is 5. The number of aliphatic hydroxyl groups excluding tert-OH is 2. The number of amides is 1. The van der Waals surface area contributed by atoms with Crippen molar-refractivity contribution in [3.63, 3.8) is 0 Å². The predicted molar refractivity (Wildman–Crippen MR) is 111 cm³/mol. The van der Waals surface area contributed by atoms with Gasteiger partial charge in [-0.2, -0.15) is 0 Å². The molecule has 0 spiro atoms. The Morgan fingerprint density at radius 1 is 1.07 bits per heavy atom. The smallest absolute Gasteiger partial charge is 0.412 e. The van der Waals surface area contributed by atoms with Crippen molar-refractivity contribution in [1.82, 2.24) is 0 Å². The first kappa shape index (κ1) is 22.2. The molecule has 1 amide bonds. The second-order valence-corrected chi connectivity index (χ2v) is 7.94. The molecule has 2 aromatic rings. The Hall–Kier alpha value is -2.09. The number of aliphatic hydroxyl groups is 2. The first-order valence-corrected chi connectivity index (χ1v) is 9.82. The van der Waals surface area contributed by atoms with Crippen LogP contribution in [0.5, 0.6) is 5.75 Å². The summed E-state index contributed by atoms with van der Waals surface area (Å²) in [6.07, 6.45) is -0.674. The van der Waals surface area contributed by atoms with Crippen LogP contribution in [0, 0.1) is 5.41 Å². The highest BCUT2D eigenvalue weighted by Gasteiger charge is 2.34. The molecule has 0 radical (unpaired) electrons. The third kappa shape index (κ3) is 6.51. The summed E-state index contributed by atoms with van der Waals surface area (Å²) in [7, 11) is 0. The van der Waals surface area contributed by atoms with Gasteiger partial charge in [-0.15, -0.1) is 0 Å². The molecule has 7 heteroatoms. The zero-order chi connectivity index (χ0) is 20.6. The van der Waals surface area contributed by atoms with Crippen LogP contribution in [0.2, 0.25) is 0 Å². The van der Waals surface area contributed by atoms with Gasteiger partial charge in [0.2, 0.25) is 0 Å². The molecule has 152 valence electrons. The van der Waals surface area contributed by atoms with E-state index in [0.717, 1.165) is 10.0 Å². The number of anilines is 1. The molecular weight excluding hydrogens is 426 g/mol. The van der Waals surface area contributed by atoms with Gasteiger partial charge in [0.1, 0.15) is 18.5 Å². The van der Waals surface area contributed by atoms with Crippen molar-refractivity contribution in [3.05, 3.63) is 58.6 Å². The van der Waals surface area contributed by atoms with Crippen molar-refractivity contribution >= 4 is 27.7 Å². The highest BCUT2D eigenvalue weighted by Crippen LogP contribution is 2.40. The van der Waals surface area contributed by atoms with Crippen LogP contribution in [-0.2, 0) is 4.74 Å². The van der Waals surface area contributed by atoms with Crippen molar-refractivity contribution in [1.29, 1.82) is 0 Å². The Labute approximate surface area is 173 Å². The zero-order valence-electron chi connectivity index (χ0n) is 16.0. The third-order valence-corrected chi connectivity index (χ3v) is 4.85. The van der Waals surface area contributed by atoms with Gasteiger partial charge >= 0.3 is 6.09 Å². The summed E-state index contributed by atoms with van der Waals surface area (Å²) in [5.74, 6) is 0.621. The molecular formula is C21H26BrNO5. The molecule has 0 bridgehead atoms. The van der Waals surface area contributed by atoms with Crippen LogP contribution in [0.4, 0.5) is 10.5 Å². The molecule has 0 unspecified atom stereocenters. The van der Waals surface area contributed by atoms with Crippen LogP contribution < -0.4 is 10.1 Å². The van der Waals surface area contributed by atoms with E-state index in [1.165, 1.54) is 0 Å². The summed E-state index contributed by atoms with van der Waals surface area (Å²) in [4.78, 5) is 12.5. The maximum Gasteiger partial charge on any atom is 0.412 e. The van der Waals surface area contributed by atoms with Gasteiger partial charge in [-0.3, -0.25) is 5.32 Å². The van der Waals surface area contributed by atoms with Crippen molar-refractivity contribution in [2.24, 2.45) is 5.41 Å². The van der Waals surface area contributed by atoms with Crippen molar-refractivity contribution in [2.75, 3.05) is 25.1 Å². The number of carbonyl (C=O) groups excluding carboxylic acids is 1. The maximum absolute atomic E-state index is 12.5. The van der Waals surface area contributed by atoms with Crippen LogP contribution >= 0.6 is 15.9 Å². The molecule has 0 aliphatic carbocycles. The number of hydrogen-bond donors (Lipinski definition) is 3. The fraction of sp³-hybridized carbons (Fsp3) is 0.381. The quantitative estimate of drug-likeness (QED) is 0.521. The number of benzene rings is 2. The molecule has 0 saturated carbocycles. The lowest BCUT2D eigenvalue weighted by Gasteiger charge is -2.33. The largest absolute Gasteiger partial charge is 0.491 e. The molecule has 2 rings (SSSR count). The van der Waals surface area contributed by atoms with Gasteiger partial charge < -0.3 is 19.7 Å². The molecule has 2 aromatic carbocycles. The van der Waals surface area contributed by atoms with Crippen LogP contribution in [0.15, 0.2) is 53.0 Å². The molecule has 0 aliphatic rings. The van der Waals surface area contributed by atoms with Gasteiger partial charge in [0.15, 0.2) is 0 Å². The predicted octanol–water partition coefficient (Wildman–Crippen LogP) is 4.52. The molecule has 1 atom stereocenters. The number of carbonyl (C=O) groups is 1. The van der Waals surface area contributed by atoms with Gasteiger partial charge in [-0.1, -0.05) is 41.9 Å². The lowest BCUT2D eigenvalue weighted by molar-refractivity contribution is 0.0152. The summed E-state index contributed by atoms with van der Waals surface area (Å²) in [6, 6.07) is 14.4. The minimum atomic E-state index is -0.570. The second kappa shape index (κ2) is 10.5. The Morgan fingerprint density at radius 3 is 2.29 bits per heavy atom. The van der Waals surface area contributed by atoms with Crippen LogP contribution in [0.3, 0.4) is 0 Å². The molecule has 28 heavy (non-hydrogen) atoms. The fourth-order valence-corrected chi connectivity index (χ4v) is 3.05. The van der Waals surface area contributed by atoms with Gasteiger partial charge in [0, 0.05) is 22.2 Å². The van der Waals surface area contributed by atoms with E-state index in [-0.39, 0.29) is 19.8 Å². The Morgan fingerprint density at radius 2 is 1.71 bits per heavy atom. The summed E-state index contributed by atoms with van der Waals surface area (Å²) in [6.45, 7) is 4.02. The number of ether oxygens (including phenoxy) is 2. The number of rotatable bonds is 9. The fourth-order valence-electron chi connectivity index (χ4n) is 2.79. The van der Waals surface area contributed by atoms with Crippen molar-refractivity contribution in [2.45, 2.75) is 26.4 Å². The van der Waals surface area contributed by atoms with Gasteiger partial charge in [0.25, 0.3) is 0 Å². The highest BCUT2D eigenvalue weighted by atomic mass is 79.9. The Kier molecular flexibility index (Phi) is 8.29. The molecule has 0 saturated heterocycles. The number of halogens is 1. The Balaban J connectivity index is 2.17. The average molecular weight is 452 g/mol. The number of nitrogens with one attached hydrogen (secondary N) is 1. The first-order chi connectivity index (χ1) is 13.4. The van der Waals surface area contributed by atoms with E-state index < -0.39 is 17.6 Å². The third-order valence-electron chi connectivity index (χ3n) is 4.32. The lowest BCUT2D eigenvalue weighted by atomic mass is 9.80. The van der Waals surface area contributed by atoms with E-state index in [9.17, 15) is 9.90 Å². The normalized spacial score (nSPS) is 12.3. The standard InChI is InChI=1S/C21H26BrNO5/c1-21(2,11-12-24)19(15-3-9-18(10-4-15)27-14-13-25)28-20(26)23-17-7-5-16(22)6-8-17/h3-10,19,24-25H,11-14H2,1-2H3,(H,23,26)/t19-/m0/s1. The van der Waals surface area contributed by atoms with Gasteiger partial charge in [-0.25, -0.2) is 4.79 Å². The monoisotopic (exact) mass is 451 g/mol. The van der Waals surface area contributed by atoms with Crippen LogP contribution in [0.1, 0.15) is 31.9 Å². The average Bonchev–Trinajstić information content (AvgIpc) is 2.67. The van der Waals surface area contributed by atoms with E-state index in [1.54, 1.807) is 24.3 Å². The Bertz CT molecular complexity index is 746. The van der Waals surface area contributed by atoms with Gasteiger partial charge in [0.05, 0.1) is 6.61 Å². The summed E-state index contributed by atoms with van der Waals surface area (Å²) in [5, 5.41) is 21.0. The van der Waals surface area contributed by atoms with Crippen molar-refractivity contribution < 1.29 is 24.5 Å². The second-order valence-electron chi connectivity index (χ2n) is 7.02. The minimum Gasteiger partial charge on any atom is -0.491 e. The maximum atomic E-state index is 12.5. The van der Waals surface area contributed by atoms with E-state index in [2.05, 4.69) is 21.2 Å². The summed E-state index contributed by atoms with van der Waals surface area (Å²) in [5.41, 5.74) is 0.930. The molecule has 3 N–H and O–H groups in total. The molecule has 0 heterocycles.